The van der Waals surface area contributed by atoms with Crippen LogP contribution >= 0.6 is 0 Å². The highest BCUT2D eigenvalue weighted by Crippen LogP contribution is 2.41. The Hall–Kier alpha value is -4.66. The predicted molar refractivity (Wildman–Crippen MR) is 133 cm³/mol. The number of urea groups is 1. The number of ether oxygens (including phenoxy) is 1. The first kappa shape index (κ1) is 21.8. The number of fused-ring (bicyclic) bond motifs is 3. The first-order valence-electron chi connectivity index (χ1n) is 11.7. The smallest absolute Gasteiger partial charge is 0.325 e. The summed E-state index contributed by atoms with van der Waals surface area (Å²) in [6.45, 7) is 0.933. The van der Waals surface area contributed by atoms with Gasteiger partial charge in [-0.1, -0.05) is 60.7 Å². The van der Waals surface area contributed by atoms with Crippen molar-refractivity contribution in [2.45, 2.75) is 25.4 Å². The van der Waals surface area contributed by atoms with Crippen LogP contribution in [0.3, 0.4) is 0 Å². The molecule has 3 aromatic carbocycles. The number of benzene rings is 3. The zero-order valence-electron chi connectivity index (χ0n) is 19.6. The molecule has 9 heteroatoms. The second-order valence-electron chi connectivity index (χ2n) is 8.87. The summed E-state index contributed by atoms with van der Waals surface area (Å²) in [5, 5.41) is 11.4. The molecule has 2 unspecified atom stereocenters. The minimum atomic E-state index is -0.620. The van der Waals surface area contributed by atoms with Crippen molar-refractivity contribution in [3.05, 3.63) is 96.1 Å². The zero-order valence-corrected chi connectivity index (χ0v) is 19.6. The summed E-state index contributed by atoms with van der Waals surface area (Å²) in [7, 11) is 1.68. The molecule has 1 fully saturated rings. The maximum absolute atomic E-state index is 13.0. The van der Waals surface area contributed by atoms with E-state index in [4.69, 9.17) is 4.74 Å². The molecule has 0 bridgehead atoms. The van der Waals surface area contributed by atoms with Crippen molar-refractivity contribution < 1.29 is 14.3 Å². The van der Waals surface area contributed by atoms with Gasteiger partial charge >= 0.3 is 6.03 Å². The van der Waals surface area contributed by atoms with Gasteiger partial charge in [-0.25, -0.2) is 4.79 Å². The van der Waals surface area contributed by atoms with Crippen molar-refractivity contribution in [2.75, 3.05) is 11.9 Å². The number of carbonyl (C=O) groups excluding carboxylic acids is 2. The highest BCUT2D eigenvalue weighted by Gasteiger charge is 2.52. The molecule has 1 aromatic heterocycles. The summed E-state index contributed by atoms with van der Waals surface area (Å²) in [6.07, 6.45) is -0.566. The lowest BCUT2D eigenvalue weighted by atomic mass is 10.1. The van der Waals surface area contributed by atoms with E-state index in [0.717, 1.165) is 22.4 Å². The summed E-state index contributed by atoms with van der Waals surface area (Å²) in [6, 6.07) is 26.4. The van der Waals surface area contributed by atoms with Crippen molar-refractivity contribution >= 4 is 17.9 Å². The van der Waals surface area contributed by atoms with Gasteiger partial charge in [0.25, 0.3) is 5.91 Å². The van der Waals surface area contributed by atoms with Crippen molar-refractivity contribution in [3.8, 4) is 17.1 Å². The van der Waals surface area contributed by atoms with Crippen LogP contribution in [-0.4, -0.2) is 44.7 Å². The van der Waals surface area contributed by atoms with E-state index in [1.807, 2.05) is 94.4 Å². The molecule has 0 aliphatic carbocycles. The van der Waals surface area contributed by atoms with Crippen LogP contribution in [-0.2, 0) is 17.9 Å². The summed E-state index contributed by atoms with van der Waals surface area (Å²) >= 11 is 0. The first-order chi connectivity index (χ1) is 17.6. The predicted octanol–water partition coefficient (Wildman–Crippen LogP) is 3.59. The Kier molecular flexibility index (Phi) is 5.37. The Balaban J connectivity index is 1.33. The summed E-state index contributed by atoms with van der Waals surface area (Å²) < 4.78 is 7.79. The van der Waals surface area contributed by atoms with Crippen molar-refractivity contribution in [3.63, 3.8) is 0 Å². The third-order valence-electron chi connectivity index (χ3n) is 6.59. The molecule has 36 heavy (non-hydrogen) atoms. The van der Waals surface area contributed by atoms with Crippen LogP contribution in [0.4, 0.5) is 10.7 Å². The first-order valence-corrected chi connectivity index (χ1v) is 11.7. The molecule has 1 saturated heterocycles. The Morgan fingerprint density at radius 3 is 2.22 bits per heavy atom. The number of carbonyl (C=O) groups is 2. The molecule has 0 saturated carbocycles. The fourth-order valence-corrected chi connectivity index (χ4v) is 4.79. The van der Waals surface area contributed by atoms with Gasteiger partial charge in [-0.2, -0.15) is 0 Å². The van der Waals surface area contributed by atoms with E-state index in [1.165, 1.54) is 4.90 Å². The van der Waals surface area contributed by atoms with Crippen LogP contribution in [0.25, 0.3) is 11.4 Å². The van der Waals surface area contributed by atoms with Crippen LogP contribution in [0.5, 0.6) is 5.75 Å². The average molecular weight is 481 g/mol. The van der Waals surface area contributed by atoms with Crippen LogP contribution in [0.2, 0.25) is 0 Å². The number of hydrogen-bond acceptors (Lipinski definition) is 6. The molecule has 9 nitrogen and oxygen atoms in total. The molecular formula is C27H24N6O3. The van der Waals surface area contributed by atoms with Gasteiger partial charge in [0.1, 0.15) is 18.5 Å². The molecule has 180 valence electrons. The molecule has 2 aliphatic heterocycles. The monoisotopic (exact) mass is 480 g/mol. The number of hydrogen-bond donors (Lipinski definition) is 1. The van der Waals surface area contributed by atoms with Gasteiger partial charge < -0.3 is 14.5 Å². The molecule has 6 rings (SSSR count). The van der Waals surface area contributed by atoms with E-state index in [9.17, 15) is 9.59 Å². The molecule has 2 aliphatic rings. The number of amides is 3. The zero-order chi connectivity index (χ0) is 24.6. The second-order valence-corrected chi connectivity index (χ2v) is 8.87. The standard InChI is InChI=1S/C27H24N6O3/c1-31-25-22(24(34)28-27(31)35)32(16-18-8-4-2-5-9-18)26-30-29-23(33(25)26)20-12-14-21(15-13-20)36-17-19-10-6-3-7-11-19/h2-15,22,25H,16-17H2,1H3,(H,28,34,35). The molecule has 2 atom stereocenters. The minimum absolute atomic E-state index is 0.347. The highest BCUT2D eigenvalue weighted by atomic mass is 16.5. The van der Waals surface area contributed by atoms with Gasteiger partial charge in [-0.3, -0.25) is 14.7 Å². The van der Waals surface area contributed by atoms with Gasteiger partial charge in [0.15, 0.2) is 11.9 Å². The molecule has 3 heterocycles. The van der Waals surface area contributed by atoms with Crippen LogP contribution in [0, 0.1) is 0 Å². The van der Waals surface area contributed by atoms with Crippen LogP contribution in [0.1, 0.15) is 17.3 Å². The van der Waals surface area contributed by atoms with Gasteiger partial charge in [0.2, 0.25) is 5.95 Å². The van der Waals surface area contributed by atoms with E-state index in [2.05, 4.69) is 15.5 Å². The largest absolute Gasteiger partial charge is 0.489 e. The summed E-state index contributed by atoms with van der Waals surface area (Å²) in [5.41, 5.74) is 2.93. The van der Waals surface area contributed by atoms with E-state index >= 15 is 0 Å². The molecule has 4 aromatic rings. The van der Waals surface area contributed by atoms with Crippen molar-refractivity contribution in [2.24, 2.45) is 0 Å². The number of anilines is 1. The third kappa shape index (κ3) is 3.74. The minimum Gasteiger partial charge on any atom is -0.489 e. The normalized spacial score (nSPS) is 18.6. The van der Waals surface area contributed by atoms with Gasteiger partial charge in [0, 0.05) is 19.2 Å². The van der Waals surface area contributed by atoms with Gasteiger partial charge in [0.05, 0.1) is 0 Å². The van der Waals surface area contributed by atoms with Gasteiger partial charge in [-0.05, 0) is 35.4 Å². The Labute approximate surface area is 207 Å². The van der Waals surface area contributed by atoms with E-state index < -0.39 is 18.2 Å². The Bertz CT molecular complexity index is 1400. The van der Waals surface area contributed by atoms with E-state index in [-0.39, 0.29) is 5.91 Å². The van der Waals surface area contributed by atoms with E-state index in [0.29, 0.717) is 24.9 Å². The second kappa shape index (κ2) is 8.84. The number of nitrogens with one attached hydrogen (secondary N) is 1. The third-order valence-corrected chi connectivity index (χ3v) is 6.59. The van der Waals surface area contributed by atoms with Gasteiger partial charge in [-0.15, -0.1) is 10.2 Å². The Morgan fingerprint density at radius 2 is 1.53 bits per heavy atom. The number of rotatable bonds is 6. The number of aromatic nitrogens is 3. The van der Waals surface area contributed by atoms with Crippen molar-refractivity contribution in [1.29, 1.82) is 0 Å². The Morgan fingerprint density at radius 1 is 0.861 bits per heavy atom. The fraction of sp³-hybridized carbons (Fsp3) is 0.185. The lowest BCUT2D eigenvalue weighted by Crippen LogP contribution is -2.61. The van der Waals surface area contributed by atoms with Crippen LogP contribution in [0.15, 0.2) is 84.9 Å². The maximum Gasteiger partial charge on any atom is 0.325 e. The van der Waals surface area contributed by atoms with E-state index in [1.54, 1.807) is 7.05 Å². The quantitative estimate of drug-likeness (QED) is 0.453. The highest BCUT2D eigenvalue weighted by molar-refractivity contribution is 6.02. The topological polar surface area (TPSA) is 92.6 Å². The van der Waals surface area contributed by atoms with Crippen molar-refractivity contribution in [1.82, 2.24) is 25.0 Å². The maximum atomic E-state index is 13.0. The average Bonchev–Trinajstić information content (AvgIpc) is 3.47. The molecule has 0 spiro atoms. The van der Waals surface area contributed by atoms with Crippen LogP contribution < -0.4 is 15.0 Å². The molecule has 0 radical (unpaired) electrons. The number of nitrogens with zero attached hydrogens (tertiary/aromatic N) is 5. The number of likely N-dealkylation sites (N-methyl/N-ethyl adjacent to an activating group) is 1. The molecule has 3 amide bonds. The molecule has 1 N–H and O–H groups in total. The SMILES string of the molecule is CN1C(=O)NC(=O)C2C1n1c(-c3ccc(OCc4ccccc4)cc3)nnc1N2Cc1ccccc1. The summed E-state index contributed by atoms with van der Waals surface area (Å²) in [4.78, 5) is 29.0. The molecular weight excluding hydrogens is 456 g/mol. The number of imide groups is 1. The lowest BCUT2D eigenvalue weighted by molar-refractivity contribution is -0.124. The fourth-order valence-electron chi connectivity index (χ4n) is 4.79. The lowest BCUT2D eigenvalue weighted by Gasteiger charge is -2.37. The summed E-state index contributed by atoms with van der Waals surface area (Å²) in [5.74, 6) is 1.52.